The zero-order valence-corrected chi connectivity index (χ0v) is 16.9. The molecule has 1 unspecified atom stereocenters. The van der Waals surface area contributed by atoms with Crippen molar-refractivity contribution < 1.29 is 0 Å². The van der Waals surface area contributed by atoms with Crippen molar-refractivity contribution in [3.8, 4) is 5.69 Å². The zero-order chi connectivity index (χ0) is 19.1. The van der Waals surface area contributed by atoms with E-state index < -0.39 is 0 Å². The Morgan fingerprint density at radius 1 is 1.04 bits per heavy atom. The third-order valence-corrected chi connectivity index (χ3v) is 5.28. The molecule has 0 fully saturated rings. The second-order valence-corrected chi connectivity index (χ2v) is 8.09. The van der Waals surface area contributed by atoms with Gasteiger partial charge in [-0.25, -0.2) is 4.68 Å². The number of nitrogens with two attached hydrogens (primary N) is 1. The van der Waals surface area contributed by atoms with Crippen LogP contribution in [-0.4, -0.2) is 9.78 Å². The molecule has 136 valence electrons. The summed E-state index contributed by atoms with van der Waals surface area (Å²) in [5.74, 6) is 0. The molecule has 2 N–H and O–H groups in total. The van der Waals surface area contributed by atoms with Gasteiger partial charge in [0.2, 0.25) is 0 Å². The lowest BCUT2D eigenvalue weighted by Crippen LogP contribution is -2.23. The van der Waals surface area contributed by atoms with E-state index in [1.54, 1.807) is 6.07 Å². The van der Waals surface area contributed by atoms with Gasteiger partial charge in [-0.2, -0.15) is 5.10 Å². The van der Waals surface area contributed by atoms with Crippen LogP contribution in [0.4, 0.5) is 0 Å². The van der Waals surface area contributed by atoms with Crippen LogP contribution in [0.25, 0.3) is 5.69 Å². The highest BCUT2D eigenvalue weighted by molar-refractivity contribution is 6.35. The summed E-state index contributed by atoms with van der Waals surface area (Å²) in [5, 5.41) is 5.89. The minimum Gasteiger partial charge on any atom is -0.323 e. The summed E-state index contributed by atoms with van der Waals surface area (Å²) >= 11 is 12.5. The smallest absolute Gasteiger partial charge is 0.0836 e. The van der Waals surface area contributed by atoms with E-state index in [2.05, 4.69) is 51.1 Å². The maximum atomic E-state index is 6.47. The van der Waals surface area contributed by atoms with Crippen molar-refractivity contribution in [1.29, 1.82) is 0 Å². The summed E-state index contributed by atoms with van der Waals surface area (Å²) < 4.78 is 1.89. The molecule has 0 aliphatic carbocycles. The molecule has 0 bridgehead atoms. The van der Waals surface area contributed by atoms with Crippen LogP contribution in [0, 0.1) is 6.92 Å². The first-order valence-electron chi connectivity index (χ1n) is 8.58. The molecule has 26 heavy (non-hydrogen) atoms. The van der Waals surface area contributed by atoms with E-state index in [9.17, 15) is 0 Å². The lowest BCUT2D eigenvalue weighted by Gasteiger charge is -2.27. The highest BCUT2D eigenvalue weighted by Crippen LogP contribution is 2.36. The summed E-state index contributed by atoms with van der Waals surface area (Å²) in [6.45, 7) is 8.38. The van der Waals surface area contributed by atoms with Crippen molar-refractivity contribution >= 4 is 23.2 Å². The van der Waals surface area contributed by atoms with Crippen LogP contribution in [0.15, 0.2) is 48.5 Å². The minimum atomic E-state index is -0.281. The third kappa shape index (κ3) is 3.52. The van der Waals surface area contributed by atoms with Gasteiger partial charge in [-0.05, 0) is 43.7 Å². The molecule has 0 aliphatic heterocycles. The molecule has 0 aliphatic rings. The van der Waals surface area contributed by atoms with Crippen LogP contribution in [0.1, 0.15) is 49.3 Å². The highest BCUT2D eigenvalue weighted by atomic mass is 35.5. The molecule has 2 aromatic carbocycles. The molecule has 0 spiro atoms. The molecule has 0 saturated heterocycles. The topological polar surface area (TPSA) is 43.8 Å². The number of halogens is 2. The molecule has 3 nitrogen and oxygen atoms in total. The molecular weight excluding hydrogens is 365 g/mol. The Morgan fingerprint density at radius 2 is 1.69 bits per heavy atom. The minimum absolute atomic E-state index is 0.171. The first kappa shape index (κ1) is 19.0. The van der Waals surface area contributed by atoms with Crippen LogP contribution in [0.5, 0.6) is 0 Å². The van der Waals surface area contributed by atoms with Crippen LogP contribution in [0.3, 0.4) is 0 Å². The monoisotopic (exact) mass is 387 g/mol. The Balaban J connectivity index is 2.21. The fourth-order valence-electron chi connectivity index (χ4n) is 3.02. The summed E-state index contributed by atoms with van der Waals surface area (Å²) in [7, 11) is 0. The quantitative estimate of drug-likeness (QED) is 0.611. The van der Waals surface area contributed by atoms with Gasteiger partial charge in [-0.15, -0.1) is 0 Å². The molecule has 1 heterocycles. The van der Waals surface area contributed by atoms with E-state index in [1.807, 2.05) is 23.7 Å². The Kier molecular flexibility index (Phi) is 5.16. The van der Waals surface area contributed by atoms with Gasteiger partial charge in [0.25, 0.3) is 0 Å². The van der Waals surface area contributed by atoms with Crippen LogP contribution < -0.4 is 5.73 Å². The van der Waals surface area contributed by atoms with E-state index in [0.717, 1.165) is 17.1 Å². The molecular formula is C21H23Cl2N3. The van der Waals surface area contributed by atoms with Gasteiger partial charge in [0, 0.05) is 16.5 Å². The largest absolute Gasteiger partial charge is 0.323 e. The highest BCUT2D eigenvalue weighted by Gasteiger charge is 2.30. The molecule has 3 aromatic rings. The summed E-state index contributed by atoms with van der Waals surface area (Å²) in [6.07, 6.45) is 0. The Bertz CT molecular complexity index is 925. The maximum absolute atomic E-state index is 6.47. The SMILES string of the molecule is Cc1ccc(C(C)(C)c2cc(C(C)N)nn2-c2ccc(Cl)cc2Cl)cc1. The Morgan fingerprint density at radius 3 is 2.27 bits per heavy atom. The lowest BCUT2D eigenvalue weighted by molar-refractivity contribution is 0.584. The summed E-state index contributed by atoms with van der Waals surface area (Å²) in [5.41, 5.74) is 10.9. The van der Waals surface area contributed by atoms with Gasteiger partial charge < -0.3 is 5.73 Å². The number of hydrogen-bond donors (Lipinski definition) is 1. The predicted octanol–water partition coefficient (Wildman–Crippen LogP) is 5.83. The van der Waals surface area contributed by atoms with Crippen molar-refractivity contribution in [3.05, 3.63) is 81.1 Å². The predicted molar refractivity (Wildman–Crippen MR) is 109 cm³/mol. The van der Waals surface area contributed by atoms with Gasteiger partial charge >= 0.3 is 0 Å². The number of aryl methyl sites for hydroxylation is 1. The molecule has 1 atom stereocenters. The first-order chi connectivity index (χ1) is 12.2. The van der Waals surface area contributed by atoms with E-state index in [1.165, 1.54) is 11.1 Å². The van der Waals surface area contributed by atoms with E-state index in [-0.39, 0.29) is 11.5 Å². The standard InChI is InChI=1S/C21H23Cl2N3/c1-13-5-7-15(8-6-13)21(3,4)20-12-18(14(2)24)25-26(20)19-10-9-16(22)11-17(19)23/h5-12,14H,24H2,1-4H3. The van der Waals surface area contributed by atoms with Crippen molar-refractivity contribution in [1.82, 2.24) is 9.78 Å². The maximum Gasteiger partial charge on any atom is 0.0836 e. The van der Waals surface area contributed by atoms with E-state index in [4.69, 9.17) is 34.0 Å². The van der Waals surface area contributed by atoms with Gasteiger partial charge in [-0.1, -0.05) is 66.9 Å². The Labute approximate surface area is 164 Å². The average molecular weight is 388 g/mol. The fourth-order valence-corrected chi connectivity index (χ4v) is 3.51. The Hall–Kier alpha value is -1.81. The molecule has 5 heteroatoms. The number of aromatic nitrogens is 2. The van der Waals surface area contributed by atoms with E-state index in [0.29, 0.717) is 10.0 Å². The van der Waals surface area contributed by atoms with Crippen molar-refractivity contribution in [2.75, 3.05) is 0 Å². The van der Waals surface area contributed by atoms with Gasteiger partial charge in [-0.3, -0.25) is 0 Å². The molecule has 1 aromatic heterocycles. The lowest BCUT2D eigenvalue weighted by atomic mass is 9.81. The second-order valence-electron chi connectivity index (χ2n) is 7.24. The zero-order valence-electron chi connectivity index (χ0n) is 15.4. The summed E-state index contributed by atoms with van der Waals surface area (Å²) in [6, 6.07) is 15.9. The van der Waals surface area contributed by atoms with Gasteiger partial charge in [0.05, 0.1) is 22.1 Å². The first-order valence-corrected chi connectivity index (χ1v) is 9.34. The van der Waals surface area contributed by atoms with Crippen LogP contribution in [0.2, 0.25) is 10.0 Å². The van der Waals surface area contributed by atoms with Crippen molar-refractivity contribution in [2.24, 2.45) is 5.73 Å². The number of hydrogen-bond acceptors (Lipinski definition) is 2. The van der Waals surface area contributed by atoms with Crippen LogP contribution >= 0.6 is 23.2 Å². The second kappa shape index (κ2) is 7.07. The molecule has 0 radical (unpaired) electrons. The number of rotatable bonds is 4. The van der Waals surface area contributed by atoms with Gasteiger partial charge in [0.1, 0.15) is 0 Å². The average Bonchev–Trinajstić information content (AvgIpc) is 3.01. The van der Waals surface area contributed by atoms with Crippen molar-refractivity contribution in [2.45, 2.75) is 39.2 Å². The van der Waals surface area contributed by atoms with E-state index >= 15 is 0 Å². The van der Waals surface area contributed by atoms with Gasteiger partial charge in [0.15, 0.2) is 0 Å². The number of benzene rings is 2. The summed E-state index contributed by atoms with van der Waals surface area (Å²) in [4.78, 5) is 0. The molecule has 3 rings (SSSR count). The molecule has 0 amide bonds. The van der Waals surface area contributed by atoms with Crippen LogP contribution in [-0.2, 0) is 5.41 Å². The number of nitrogens with zero attached hydrogens (tertiary/aromatic N) is 2. The fraction of sp³-hybridized carbons (Fsp3) is 0.286. The normalized spacial score (nSPS) is 13.0. The third-order valence-electron chi connectivity index (χ3n) is 4.75. The molecule has 0 saturated carbocycles. The van der Waals surface area contributed by atoms with Crippen molar-refractivity contribution in [3.63, 3.8) is 0 Å².